The first-order chi connectivity index (χ1) is 5.89. The Labute approximate surface area is 91.1 Å². The minimum absolute atomic E-state index is 0. The molecule has 0 aromatic rings. The maximum absolute atomic E-state index is 11.0. The van der Waals surface area contributed by atoms with Gasteiger partial charge in [-0.2, -0.15) is 0 Å². The van der Waals surface area contributed by atoms with E-state index in [9.17, 15) is 4.79 Å². The van der Waals surface area contributed by atoms with E-state index < -0.39 is 11.4 Å². The lowest BCUT2D eigenvalue weighted by Gasteiger charge is -2.21. The van der Waals surface area contributed by atoms with Gasteiger partial charge >= 0.3 is 5.97 Å². The summed E-state index contributed by atoms with van der Waals surface area (Å²) in [6.07, 6.45) is 1.55. The Kier molecular flexibility index (Phi) is 3.95. The zero-order valence-electron chi connectivity index (χ0n) is 8.67. The lowest BCUT2D eigenvalue weighted by molar-refractivity contribution is -0.145. The van der Waals surface area contributed by atoms with Gasteiger partial charge in [-0.15, -0.1) is 12.4 Å². The van der Waals surface area contributed by atoms with Crippen LogP contribution >= 0.6 is 12.4 Å². The summed E-state index contributed by atoms with van der Waals surface area (Å²) in [5.74, 6) is -0.567. The van der Waals surface area contributed by atoms with Crippen molar-refractivity contribution in [3.8, 4) is 0 Å². The fraction of sp³-hybridized carbons (Fsp3) is 0.545. The number of rotatable bonds is 2. The van der Waals surface area contributed by atoms with Crippen LogP contribution in [-0.4, -0.2) is 11.1 Å². The molecule has 14 heavy (non-hydrogen) atoms. The van der Waals surface area contributed by atoms with Gasteiger partial charge < -0.3 is 5.11 Å². The summed E-state index contributed by atoms with van der Waals surface area (Å²) in [4.78, 5) is 11.0. The van der Waals surface area contributed by atoms with Crippen LogP contribution in [0.4, 0.5) is 0 Å². The molecule has 1 aliphatic carbocycles. The van der Waals surface area contributed by atoms with Crippen molar-refractivity contribution in [2.24, 2.45) is 11.3 Å². The highest BCUT2D eigenvalue weighted by molar-refractivity contribution is 5.85. The molecule has 1 fully saturated rings. The second-order valence-corrected chi connectivity index (χ2v) is 4.10. The molecule has 3 heteroatoms. The SMILES string of the molecule is C=C(C)C1CCC(C)(C(=O)O)C1=C.Cl. The molecule has 1 saturated carbocycles. The molecule has 0 heterocycles. The van der Waals surface area contributed by atoms with E-state index in [1.807, 2.05) is 6.92 Å². The fourth-order valence-corrected chi connectivity index (χ4v) is 1.94. The molecule has 2 unspecified atom stereocenters. The van der Waals surface area contributed by atoms with Crippen molar-refractivity contribution >= 4 is 18.4 Å². The molecule has 0 amide bonds. The van der Waals surface area contributed by atoms with Gasteiger partial charge in [-0.05, 0) is 26.7 Å². The summed E-state index contributed by atoms with van der Waals surface area (Å²) in [5, 5.41) is 9.05. The van der Waals surface area contributed by atoms with E-state index in [2.05, 4.69) is 13.2 Å². The van der Waals surface area contributed by atoms with Crippen molar-refractivity contribution in [3.63, 3.8) is 0 Å². The molecule has 0 saturated heterocycles. The van der Waals surface area contributed by atoms with E-state index in [0.717, 1.165) is 17.6 Å². The molecule has 0 radical (unpaired) electrons. The Bertz CT molecular complexity index is 283. The molecule has 1 N–H and O–H groups in total. The average molecular weight is 217 g/mol. The first-order valence-corrected chi connectivity index (χ1v) is 4.47. The van der Waals surface area contributed by atoms with Crippen molar-refractivity contribution in [3.05, 3.63) is 24.3 Å². The number of hydrogen-bond donors (Lipinski definition) is 1. The van der Waals surface area contributed by atoms with Crippen LogP contribution in [0.25, 0.3) is 0 Å². The maximum Gasteiger partial charge on any atom is 0.313 e. The number of carboxylic acids is 1. The first kappa shape index (κ1) is 13.2. The van der Waals surface area contributed by atoms with Gasteiger partial charge in [-0.25, -0.2) is 0 Å². The first-order valence-electron chi connectivity index (χ1n) is 4.47. The highest BCUT2D eigenvalue weighted by Crippen LogP contribution is 2.47. The summed E-state index contributed by atoms with van der Waals surface area (Å²) >= 11 is 0. The third-order valence-electron chi connectivity index (χ3n) is 3.13. The molecular formula is C11H17ClO2. The Balaban J connectivity index is 0.00000169. The van der Waals surface area contributed by atoms with Gasteiger partial charge in [-0.1, -0.05) is 24.3 Å². The van der Waals surface area contributed by atoms with Gasteiger partial charge in [0.15, 0.2) is 0 Å². The van der Waals surface area contributed by atoms with E-state index >= 15 is 0 Å². The topological polar surface area (TPSA) is 37.3 Å². The van der Waals surface area contributed by atoms with Gasteiger partial charge in [0.2, 0.25) is 0 Å². The molecule has 1 rings (SSSR count). The summed E-state index contributed by atoms with van der Waals surface area (Å²) in [7, 11) is 0. The molecule has 1 aliphatic rings. The molecule has 0 bridgehead atoms. The lowest BCUT2D eigenvalue weighted by atomic mass is 9.82. The Hall–Kier alpha value is -0.760. The van der Waals surface area contributed by atoms with E-state index in [4.69, 9.17) is 5.11 Å². The number of allylic oxidation sites excluding steroid dienone is 1. The smallest absolute Gasteiger partial charge is 0.313 e. The van der Waals surface area contributed by atoms with Gasteiger partial charge in [0.25, 0.3) is 0 Å². The van der Waals surface area contributed by atoms with Gasteiger partial charge in [0, 0.05) is 5.92 Å². The van der Waals surface area contributed by atoms with Gasteiger partial charge in [0.1, 0.15) is 0 Å². The van der Waals surface area contributed by atoms with Crippen LogP contribution in [0.3, 0.4) is 0 Å². The maximum atomic E-state index is 11.0. The van der Waals surface area contributed by atoms with Crippen LogP contribution < -0.4 is 0 Å². The second-order valence-electron chi connectivity index (χ2n) is 4.10. The van der Waals surface area contributed by atoms with Crippen LogP contribution in [0, 0.1) is 11.3 Å². The molecule has 0 spiro atoms. The summed E-state index contributed by atoms with van der Waals surface area (Å²) < 4.78 is 0. The zero-order valence-corrected chi connectivity index (χ0v) is 9.49. The van der Waals surface area contributed by atoms with Crippen LogP contribution in [0.2, 0.25) is 0 Å². The molecule has 0 aromatic heterocycles. The minimum atomic E-state index is -0.763. The van der Waals surface area contributed by atoms with E-state index in [-0.39, 0.29) is 18.3 Å². The van der Waals surface area contributed by atoms with Crippen molar-refractivity contribution in [1.29, 1.82) is 0 Å². The molecule has 2 atom stereocenters. The normalized spacial score (nSPS) is 31.0. The molecule has 0 aliphatic heterocycles. The third-order valence-corrected chi connectivity index (χ3v) is 3.13. The van der Waals surface area contributed by atoms with Crippen LogP contribution in [0.15, 0.2) is 24.3 Å². The van der Waals surface area contributed by atoms with Gasteiger partial charge in [-0.3, -0.25) is 4.79 Å². The minimum Gasteiger partial charge on any atom is -0.481 e. The Morgan fingerprint density at radius 1 is 1.64 bits per heavy atom. The number of hydrogen-bond acceptors (Lipinski definition) is 1. The average Bonchev–Trinajstić information content (AvgIpc) is 2.30. The van der Waals surface area contributed by atoms with E-state index in [0.29, 0.717) is 6.42 Å². The standard InChI is InChI=1S/C11H16O2.ClH/c1-7(2)9-5-6-11(4,8(9)3)10(12)13;/h9H,1,3,5-6H2,2,4H3,(H,12,13);1H. The largest absolute Gasteiger partial charge is 0.481 e. The quantitative estimate of drug-likeness (QED) is 0.721. The van der Waals surface area contributed by atoms with Crippen molar-refractivity contribution in [1.82, 2.24) is 0 Å². The molecule has 80 valence electrons. The molecular weight excluding hydrogens is 200 g/mol. The van der Waals surface area contributed by atoms with Crippen LogP contribution in [0.5, 0.6) is 0 Å². The Morgan fingerprint density at radius 2 is 2.14 bits per heavy atom. The molecule has 0 aromatic carbocycles. The second kappa shape index (κ2) is 4.18. The fourth-order valence-electron chi connectivity index (χ4n) is 1.94. The van der Waals surface area contributed by atoms with Crippen LogP contribution in [0.1, 0.15) is 26.7 Å². The van der Waals surface area contributed by atoms with Crippen LogP contribution in [-0.2, 0) is 4.79 Å². The zero-order chi connectivity index (χ0) is 10.2. The number of aliphatic carboxylic acids is 1. The molecule has 2 nitrogen and oxygen atoms in total. The van der Waals surface area contributed by atoms with E-state index in [1.165, 1.54) is 0 Å². The third kappa shape index (κ3) is 1.85. The van der Waals surface area contributed by atoms with E-state index in [1.54, 1.807) is 6.92 Å². The highest BCUT2D eigenvalue weighted by Gasteiger charge is 2.44. The van der Waals surface area contributed by atoms with Crippen molar-refractivity contribution in [2.45, 2.75) is 26.7 Å². The lowest BCUT2D eigenvalue weighted by Crippen LogP contribution is -2.26. The summed E-state index contributed by atoms with van der Waals surface area (Å²) in [6.45, 7) is 11.4. The predicted molar refractivity (Wildman–Crippen MR) is 59.7 cm³/mol. The monoisotopic (exact) mass is 216 g/mol. The highest BCUT2D eigenvalue weighted by atomic mass is 35.5. The number of carboxylic acid groups (broad SMARTS) is 1. The predicted octanol–water partition coefficient (Wildman–Crippen LogP) is 3.04. The van der Waals surface area contributed by atoms with Gasteiger partial charge in [0.05, 0.1) is 5.41 Å². The number of halogens is 1. The number of carbonyl (C=O) groups is 1. The summed E-state index contributed by atoms with van der Waals surface area (Å²) in [6, 6.07) is 0. The van der Waals surface area contributed by atoms with Crippen molar-refractivity contribution in [2.75, 3.05) is 0 Å². The Morgan fingerprint density at radius 3 is 2.36 bits per heavy atom. The summed E-state index contributed by atoms with van der Waals surface area (Å²) in [5.41, 5.74) is 1.10. The van der Waals surface area contributed by atoms with Crippen molar-refractivity contribution < 1.29 is 9.90 Å².